The molecule has 2 rings (SSSR count). The van der Waals surface area contributed by atoms with Gasteiger partial charge in [-0.25, -0.2) is 9.98 Å². The molecule has 1 aliphatic rings. The number of hydrogen-bond donors (Lipinski definition) is 2. The second-order valence-corrected chi connectivity index (χ2v) is 6.76. The molecule has 0 aromatic carbocycles. The maximum atomic E-state index is 4.70. The van der Waals surface area contributed by atoms with Gasteiger partial charge in [0.1, 0.15) is 0 Å². The highest BCUT2D eigenvalue weighted by molar-refractivity contribution is 7.11. The van der Waals surface area contributed by atoms with Gasteiger partial charge < -0.3 is 10.6 Å². The lowest BCUT2D eigenvalue weighted by molar-refractivity contribution is 0.655. The normalized spacial score (nSPS) is 21.9. The average molecular weight is 294 g/mol. The van der Waals surface area contributed by atoms with Gasteiger partial charge in [0.15, 0.2) is 5.96 Å². The van der Waals surface area contributed by atoms with E-state index >= 15 is 0 Å². The van der Waals surface area contributed by atoms with Crippen LogP contribution in [0.4, 0.5) is 0 Å². The Kier molecular flexibility index (Phi) is 5.40. The minimum Gasteiger partial charge on any atom is -0.357 e. The number of aryl methyl sites for hydroxylation is 2. The van der Waals surface area contributed by atoms with Crippen LogP contribution in [-0.2, 0) is 6.54 Å². The predicted octanol–water partition coefficient (Wildman–Crippen LogP) is 3.00. The first kappa shape index (κ1) is 15.3. The minimum atomic E-state index is 0.622. The SMILES string of the molecule is CCCC1CC1NC(=NCc1sc(C)nc1C)NCC. The Labute approximate surface area is 126 Å². The fourth-order valence-electron chi connectivity index (χ4n) is 2.48. The third kappa shape index (κ3) is 4.20. The van der Waals surface area contributed by atoms with E-state index in [-0.39, 0.29) is 0 Å². The van der Waals surface area contributed by atoms with Crippen molar-refractivity contribution in [1.82, 2.24) is 15.6 Å². The summed E-state index contributed by atoms with van der Waals surface area (Å²) in [6, 6.07) is 0.622. The first-order valence-corrected chi connectivity index (χ1v) is 8.43. The highest BCUT2D eigenvalue weighted by atomic mass is 32.1. The molecule has 0 aliphatic heterocycles. The van der Waals surface area contributed by atoms with Crippen LogP contribution in [0.15, 0.2) is 4.99 Å². The Hall–Kier alpha value is -1.10. The fraction of sp³-hybridized carbons (Fsp3) is 0.733. The van der Waals surface area contributed by atoms with Crippen LogP contribution < -0.4 is 10.6 Å². The maximum Gasteiger partial charge on any atom is 0.191 e. The summed E-state index contributed by atoms with van der Waals surface area (Å²) in [6.45, 7) is 10.1. The van der Waals surface area contributed by atoms with E-state index in [1.54, 1.807) is 11.3 Å². The summed E-state index contributed by atoms with van der Waals surface area (Å²) < 4.78 is 0. The highest BCUT2D eigenvalue weighted by Crippen LogP contribution is 2.34. The third-order valence-corrected chi connectivity index (χ3v) is 4.69. The first-order chi connectivity index (χ1) is 9.63. The lowest BCUT2D eigenvalue weighted by Crippen LogP contribution is -2.39. The van der Waals surface area contributed by atoms with Crippen molar-refractivity contribution in [3.05, 3.63) is 15.6 Å². The first-order valence-electron chi connectivity index (χ1n) is 7.61. The largest absolute Gasteiger partial charge is 0.357 e. The molecule has 1 aromatic heterocycles. The third-order valence-electron chi connectivity index (χ3n) is 3.63. The minimum absolute atomic E-state index is 0.622. The summed E-state index contributed by atoms with van der Waals surface area (Å²) in [7, 11) is 0. The Morgan fingerprint density at radius 3 is 2.80 bits per heavy atom. The molecule has 0 bridgehead atoms. The molecule has 0 radical (unpaired) electrons. The van der Waals surface area contributed by atoms with Crippen LogP contribution in [0.25, 0.3) is 0 Å². The van der Waals surface area contributed by atoms with Gasteiger partial charge in [0.25, 0.3) is 0 Å². The quantitative estimate of drug-likeness (QED) is 0.626. The van der Waals surface area contributed by atoms with Gasteiger partial charge in [0, 0.05) is 17.5 Å². The van der Waals surface area contributed by atoms with E-state index in [2.05, 4.69) is 36.4 Å². The average Bonchev–Trinajstić information content (AvgIpc) is 3.03. The zero-order valence-electron chi connectivity index (χ0n) is 13.0. The summed E-state index contributed by atoms with van der Waals surface area (Å²) in [4.78, 5) is 10.4. The van der Waals surface area contributed by atoms with E-state index in [0.29, 0.717) is 6.04 Å². The van der Waals surface area contributed by atoms with Gasteiger partial charge in [-0.1, -0.05) is 13.3 Å². The van der Waals surface area contributed by atoms with Gasteiger partial charge >= 0.3 is 0 Å². The molecule has 1 fully saturated rings. The van der Waals surface area contributed by atoms with Gasteiger partial charge in [-0.05, 0) is 39.5 Å². The van der Waals surface area contributed by atoms with Crippen molar-refractivity contribution in [2.45, 2.75) is 59.5 Å². The second kappa shape index (κ2) is 7.07. The van der Waals surface area contributed by atoms with Crippen molar-refractivity contribution in [3.63, 3.8) is 0 Å². The Morgan fingerprint density at radius 1 is 1.40 bits per heavy atom. The van der Waals surface area contributed by atoms with E-state index in [1.807, 2.05) is 6.92 Å². The summed E-state index contributed by atoms with van der Waals surface area (Å²) in [5.41, 5.74) is 1.11. The van der Waals surface area contributed by atoms with Crippen LogP contribution in [0.1, 0.15) is 48.7 Å². The lowest BCUT2D eigenvalue weighted by atomic mass is 10.2. The van der Waals surface area contributed by atoms with Gasteiger partial charge in [-0.3, -0.25) is 0 Å². The number of hydrogen-bond acceptors (Lipinski definition) is 3. The summed E-state index contributed by atoms with van der Waals surface area (Å²) in [6.07, 6.45) is 3.89. The molecule has 0 saturated heterocycles. The number of nitrogens with zero attached hydrogens (tertiary/aromatic N) is 2. The smallest absolute Gasteiger partial charge is 0.191 e. The van der Waals surface area contributed by atoms with Crippen molar-refractivity contribution in [3.8, 4) is 0 Å². The predicted molar refractivity (Wildman–Crippen MR) is 86.3 cm³/mol. The molecule has 1 heterocycles. The Morgan fingerprint density at radius 2 is 2.20 bits per heavy atom. The maximum absolute atomic E-state index is 4.70. The Bertz CT molecular complexity index is 466. The number of aliphatic imine (C=N–C) groups is 1. The zero-order valence-corrected chi connectivity index (χ0v) is 13.8. The van der Waals surface area contributed by atoms with Crippen molar-refractivity contribution < 1.29 is 0 Å². The molecule has 20 heavy (non-hydrogen) atoms. The summed E-state index contributed by atoms with van der Waals surface area (Å²) in [5.74, 6) is 1.79. The molecule has 2 N–H and O–H groups in total. The zero-order chi connectivity index (χ0) is 14.5. The van der Waals surface area contributed by atoms with Gasteiger partial charge in [-0.15, -0.1) is 11.3 Å². The molecule has 2 unspecified atom stereocenters. The molecule has 4 nitrogen and oxygen atoms in total. The highest BCUT2D eigenvalue weighted by Gasteiger charge is 2.36. The van der Waals surface area contributed by atoms with Crippen molar-refractivity contribution in [2.24, 2.45) is 10.9 Å². The molecule has 5 heteroatoms. The van der Waals surface area contributed by atoms with Crippen LogP contribution in [0.2, 0.25) is 0 Å². The molecule has 0 amide bonds. The van der Waals surface area contributed by atoms with Gasteiger partial charge in [0.2, 0.25) is 0 Å². The molecule has 1 aliphatic carbocycles. The van der Waals surface area contributed by atoms with Crippen molar-refractivity contribution in [1.29, 1.82) is 0 Å². The van der Waals surface area contributed by atoms with E-state index in [0.717, 1.165) is 35.7 Å². The van der Waals surface area contributed by atoms with Crippen molar-refractivity contribution in [2.75, 3.05) is 6.54 Å². The molecular weight excluding hydrogens is 268 g/mol. The van der Waals surface area contributed by atoms with Crippen LogP contribution in [0.5, 0.6) is 0 Å². The molecule has 1 aromatic rings. The fourth-order valence-corrected chi connectivity index (χ4v) is 3.34. The molecule has 0 spiro atoms. The number of rotatable bonds is 6. The second-order valence-electron chi connectivity index (χ2n) is 5.47. The van der Waals surface area contributed by atoms with Crippen LogP contribution >= 0.6 is 11.3 Å². The monoisotopic (exact) mass is 294 g/mol. The molecule has 2 atom stereocenters. The standard InChI is InChI=1S/C15H26N4S/c1-5-7-12-8-13(12)19-15(16-6-2)17-9-14-10(3)18-11(4)20-14/h12-13H,5-9H2,1-4H3,(H2,16,17,19). The molecule has 1 saturated carbocycles. The van der Waals surface area contributed by atoms with E-state index < -0.39 is 0 Å². The van der Waals surface area contributed by atoms with Crippen molar-refractivity contribution >= 4 is 17.3 Å². The van der Waals surface area contributed by atoms with E-state index in [4.69, 9.17) is 4.99 Å². The summed E-state index contributed by atoms with van der Waals surface area (Å²) in [5, 5.41) is 8.00. The van der Waals surface area contributed by atoms with Crippen LogP contribution in [0.3, 0.4) is 0 Å². The van der Waals surface area contributed by atoms with E-state index in [1.165, 1.54) is 24.1 Å². The molecular formula is C15H26N4S. The Balaban J connectivity index is 1.91. The van der Waals surface area contributed by atoms with Gasteiger partial charge in [0.05, 0.1) is 17.2 Å². The summed E-state index contributed by atoms with van der Waals surface area (Å²) >= 11 is 1.74. The number of thiazole rings is 1. The van der Waals surface area contributed by atoms with E-state index in [9.17, 15) is 0 Å². The van der Waals surface area contributed by atoms with Crippen LogP contribution in [-0.4, -0.2) is 23.5 Å². The number of guanidine groups is 1. The lowest BCUT2D eigenvalue weighted by Gasteiger charge is -2.10. The topological polar surface area (TPSA) is 49.3 Å². The molecule has 112 valence electrons. The van der Waals surface area contributed by atoms with Crippen LogP contribution in [0, 0.1) is 19.8 Å². The van der Waals surface area contributed by atoms with Gasteiger partial charge in [-0.2, -0.15) is 0 Å². The number of nitrogens with one attached hydrogen (secondary N) is 2. The number of aromatic nitrogens is 1.